The average molecular weight is 252 g/mol. The Labute approximate surface area is 68.3 Å². The van der Waals surface area contributed by atoms with Gasteiger partial charge < -0.3 is 0 Å². The number of hydrogen-bond acceptors (Lipinski definition) is 3. The zero-order valence-corrected chi connectivity index (χ0v) is 9.02. The summed E-state index contributed by atoms with van der Waals surface area (Å²) in [5, 5.41) is 0. The van der Waals surface area contributed by atoms with Gasteiger partial charge in [0.1, 0.15) is 0 Å². The number of carbonyl (C=O) groups excluding carboxylic acids is 1. The van der Waals surface area contributed by atoms with Crippen LogP contribution in [0.3, 0.4) is 0 Å². The molecule has 1 radical (unpaired) electrons. The van der Waals surface area contributed by atoms with Crippen molar-refractivity contribution in [3.05, 3.63) is 0 Å². The van der Waals surface area contributed by atoms with Crippen LogP contribution in [0.4, 0.5) is 4.79 Å². The molecule has 0 aromatic rings. The van der Waals surface area contributed by atoms with Crippen LogP contribution in [0.1, 0.15) is 19.8 Å². The van der Waals surface area contributed by atoms with E-state index in [0.717, 1.165) is 12.8 Å². The van der Waals surface area contributed by atoms with Crippen molar-refractivity contribution in [3.8, 4) is 0 Å². The van der Waals surface area contributed by atoms with Gasteiger partial charge in [-0.05, 0) is 0 Å². The van der Waals surface area contributed by atoms with Crippen molar-refractivity contribution in [2.45, 2.75) is 19.8 Å². The van der Waals surface area contributed by atoms with E-state index in [0.29, 0.717) is 6.61 Å². The second-order valence-electron chi connectivity index (χ2n) is 1.59. The van der Waals surface area contributed by atoms with Crippen LogP contribution in [-0.4, -0.2) is 29.8 Å². The molecule has 0 bridgehead atoms. The Hall–Kier alpha value is 0.489. The molecule has 0 atom stereocenters. The van der Waals surface area contributed by atoms with Gasteiger partial charge in [-0.2, -0.15) is 0 Å². The fraction of sp³-hybridized carbons (Fsp3) is 0.800. The minimum atomic E-state index is -1.20. The molecule has 0 unspecified atom stereocenters. The summed E-state index contributed by atoms with van der Waals surface area (Å²) in [6.07, 6.45) is 2.02. The molecule has 0 aromatic heterocycles. The molecule has 0 aliphatic heterocycles. The van der Waals surface area contributed by atoms with E-state index in [2.05, 4.69) is 16.2 Å². The van der Waals surface area contributed by atoms with E-state index in [4.69, 9.17) is 4.74 Å². The summed E-state index contributed by atoms with van der Waals surface area (Å²) in [4.78, 5) is 10.4. The number of hydrogen-bond donors (Lipinski definition) is 0. The number of ether oxygens (including phenoxy) is 1. The second-order valence-corrected chi connectivity index (χ2v) is 4.71. The average Bonchev–Trinajstić information content (AvgIpc) is 1.89. The predicted molar refractivity (Wildman–Crippen MR) is 39.6 cm³/mol. The van der Waals surface area contributed by atoms with E-state index in [1.807, 2.05) is 0 Å². The van der Waals surface area contributed by atoms with Gasteiger partial charge in [-0.1, -0.05) is 0 Å². The van der Waals surface area contributed by atoms with Gasteiger partial charge in [0.05, 0.1) is 0 Å². The molecular formula is C5H9O2SSn. The number of rotatable bonds is 4. The summed E-state index contributed by atoms with van der Waals surface area (Å²) in [6, 6.07) is 0. The molecule has 0 N–H and O–H groups in total. The summed E-state index contributed by atoms with van der Waals surface area (Å²) in [5.41, 5.74) is 0. The Morgan fingerprint density at radius 1 is 1.78 bits per heavy atom. The molecule has 0 spiro atoms. The quantitative estimate of drug-likeness (QED) is 0.563. The summed E-state index contributed by atoms with van der Waals surface area (Å²) in [7, 11) is 4.62. The number of carbonyl (C=O) groups is 1. The molecule has 51 valence electrons. The molecular weight excluding hydrogens is 243 g/mol. The molecule has 9 heavy (non-hydrogen) atoms. The Kier molecular flexibility index (Phi) is 6.97. The van der Waals surface area contributed by atoms with Crippen molar-refractivity contribution in [1.29, 1.82) is 0 Å². The van der Waals surface area contributed by atoms with Crippen LogP contribution in [0, 0.1) is 0 Å². The monoisotopic (exact) mass is 253 g/mol. The van der Waals surface area contributed by atoms with Crippen molar-refractivity contribution < 1.29 is 9.53 Å². The van der Waals surface area contributed by atoms with E-state index in [1.54, 1.807) is 0 Å². The summed E-state index contributed by atoms with van der Waals surface area (Å²) in [6.45, 7) is 2.62. The van der Waals surface area contributed by atoms with Gasteiger partial charge in [-0.3, -0.25) is 0 Å². The molecule has 0 aliphatic rings. The van der Waals surface area contributed by atoms with Crippen LogP contribution in [0.25, 0.3) is 0 Å². The van der Waals surface area contributed by atoms with Crippen molar-refractivity contribution in [1.82, 2.24) is 0 Å². The maximum absolute atomic E-state index is 10.4. The molecule has 0 saturated heterocycles. The number of unbranched alkanes of at least 4 members (excludes halogenated alkanes) is 1. The molecule has 0 heterocycles. The maximum atomic E-state index is 10.4. The summed E-state index contributed by atoms with van der Waals surface area (Å²) < 4.78 is 4.65. The molecule has 4 heteroatoms. The van der Waals surface area contributed by atoms with Crippen molar-refractivity contribution >= 4 is 32.5 Å². The zero-order chi connectivity index (χ0) is 7.11. The van der Waals surface area contributed by atoms with Gasteiger partial charge in [-0.25, -0.2) is 0 Å². The van der Waals surface area contributed by atoms with Crippen LogP contribution >= 0.6 is 9.29 Å². The first-order chi connectivity index (χ1) is 4.31. The zero-order valence-electron chi connectivity index (χ0n) is 5.35. The van der Waals surface area contributed by atoms with Gasteiger partial charge in [0.25, 0.3) is 0 Å². The van der Waals surface area contributed by atoms with Crippen molar-refractivity contribution in [2.75, 3.05) is 6.61 Å². The van der Waals surface area contributed by atoms with E-state index >= 15 is 0 Å². The van der Waals surface area contributed by atoms with Crippen LogP contribution in [0.2, 0.25) is 0 Å². The first-order valence-electron chi connectivity index (χ1n) is 2.86. The van der Waals surface area contributed by atoms with Crippen LogP contribution < -0.4 is 0 Å². The molecule has 0 fully saturated rings. The second kappa shape index (κ2) is 6.61. The van der Waals surface area contributed by atoms with Gasteiger partial charge in [0.2, 0.25) is 0 Å². The first kappa shape index (κ1) is 9.49. The van der Waals surface area contributed by atoms with E-state index < -0.39 is 19.2 Å². The van der Waals surface area contributed by atoms with Crippen LogP contribution in [0.15, 0.2) is 0 Å². The van der Waals surface area contributed by atoms with Crippen LogP contribution in [-0.2, 0) is 4.74 Å². The third kappa shape index (κ3) is 6.37. The Morgan fingerprint density at radius 2 is 2.44 bits per heavy atom. The normalized spacial score (nSPS) is 8.56. The van der Waals surface area contributed by atoms with Crippen LogP contribution in [0.5, 0.6) is 0 Å². The SMILES string of the molecule is CCCCO[C](=O)[Sn]=[S]. The third-order valence-corrected chi connectivity index (χ3v) is 2.82. The van der Waals surface area contributed by atoms with Gasteiger partial charge in [0.15, 0.2) is 0 Å². The fourth-order valence-electron chi connectivity index (χ4n) is 0.339. The van der Waals surface area contributed by atoms with Gasteiger partial charge >= 0.3 is 68.4 Å². The summed E-state index contributed by atoms with van der Waals surface area (Å²) >= 11 is -1.20. The van der Waals surface area contributed by atoms with E-state index in [1.165, 1.54) is 0 Å². The topological polar surface area (TPSA) is 26.3 Å². The Bertz CT molecular complexity index is 105. The first-order valence-corrected chi connectivity index (χ1v) is 8.19. The predicted octanol–water partition coefficient (Wildman–Crippen LogP) is 1.74. The van der Waals surface area contributed by atoms with E-state index in [9.17, 15) is 4.79 Å². The Morgan fingerprint density at radius 3 is 2.89 bits per heavy atom. The third-order valence-electron chi connectivity index (χ3n) is 0.814. The molecule has 0 aromatic carbocycles. The Balaban J connectivity index is 3.07. The molecule has 0 rings (SSSR count). The molecule has 0 saturated carbocycles. The van der Waals surface area contributed by atoms with Gasteiger partial charge in [-0.15, -0.1) is 0 Å². The minimum absolute atomic E-state index is 0.109. The molecule has 0 aliphatic carbocycles. The summed E-state index contributed by atoms with van der Waals surface area (Å²) in [5.74, 6) is 0. The van der Waals surface area contributed by atoms with Crippen molar-refractivity contribution in [2.24, 2.45) is 0 Å². The molecule has 0 amide bonds. The fourth-order valence-corrected chi connectivity index (χ4v) is 1.19. The molecule has 2 nitrogen and oxygen atoms in total. The van der Waals surface area contributed by atoms with Crippen molar-refractivity contribution in [3.63, 3.8) is 0 Å². The standard InChI is InChI=1S/C5H9O2.S.Sn/c1-2-3-4-7-5-6;;/h2-4H2,1H3;;. The van der Waals surface area contributed by atoms with Gasteiger partial charge in [0, 0.05) is 0 Å². The van der Waals surface area contributed by atoms with E-state index in [-0.39, 0.29) is 3.99 Å².